The highest BCUT2D eigenvalue weighted by Crippen LogP contribution is 2.74. The summed E-state index contributed by atoms with van der Waals surface area (Å²) < 4.78 is 6.34. The van der Waals surface area contributed by atoms with Crippen LogP contribution in [0.5, 0.6) is 0 Å². The largest absolute Gasteiger partial charge is 0.416 e. The van der Waals surface area contributed by atoms with Crippen LogP contribution >= 0.6 is 0 Å². The van der Waals surface area contributed by atoms with Gasteiger partial charge in [-0.3, -0.25) is 0 Å². The van der Waals surface area contributed by atoms with Crippen molar-refractivity contribution in [1.82, 2.24) is 0 Å². The Morgan fingerprint density at radius 3 is 2.06 bits per heavy atom. The van der Waals surface area contributed by atoms with E-state index >= 15 is 0 Å². The van der Waals surface area contributed by atoms with Crippen molar-refractivity contribution < 1.29 is 9.53 Å². The summed E-state index contributed by atoms with van der Waals surface area (Å²) in [5, 5.41) is 9.34. The summed E-state index contributed by atoms with van der Waals surface area (Å²) in [7, 11) is -1.56. The molecule has 0 heterocycles. The second-order valence-electron chi connectivity index (χ2n) is 8.05. The van der Waals surface area contributed by atoms with E-state index in [0.717, 1.165) is 13.0 Å². The van der Waals surface area contributed by atoms with Gasteiger partial charge in [0.05, 0.1) is 0 Å². The standard InChI is InChI=1S/C14H28O2Si/c1-12(2,3)17(4,5)16-11-14-8-13(9-14,10-14)6-7-15/h15H,6-11H2,1-5H3. The van der Waals surface area contributed by atoms with Gasteiger partial charge in [-0.05, 0) is 54.6 Å². The topological polar surface area (TPSA) is 29.5 Å². The predicted octanol–water partition coefficient (Wildman–Crippen LogP) is 3.56. The average molecular weight is 256 g/mol. The third-order valence-corrected chi connectivity index (χ3v) is 9.92. The molecule has 1 N–H and O–H groups in total. The molecule has 3 aliphatic rings. The van der Waals surface area contributed by atoms with Gasteiger partial charge in [-0.15, -0.1) is 0 Å². The van der Waals surface area contributed by atoms with Crippen LogP contribution in [-0.4, -0.2) is 26.6 Å². The molecule has 0 unspecified atom stereocenters. The lowest BCUT2D eigenvalue weighted by molar-refractivity contribution is -0.227. The molecule has 0 atom stereocenters. The van der Waals surface area contributed by atoms with E-state index in [2.05, 4.69) is 33.9 Å². The lowest BCUT2D eigenvalue weighted by Crippen LogP contribution is -2.64. The molecule has 3 rings (SSSR count). The Bertz CT molecular complexity index is 284. The van der Waals surface area contributed by atoms with Crippen molar-refractivity contribution in [2.24, 2.45) is 10.8 Å². The van der Waals surface area contributed by atoms with Crippen molar-refractivity contribution in [3.05, 3.63) is 0 Å². The van der Waals surface area contributed by atoms with E-state index in [0.29, 0.717) is 22.5 Å². The van der Waals surface area contributed by atoms with Gasteiger partial charge in [0.1, 0.15) is 0 Å². The molecule has 0 saturated heterocycles. The number of hydrogen-bond acceptors (Lipinski definition) is 2. The predicted molar refractivity (Wildman–Crippen MR) is 73.6 cm³/mol. The van der Waals surface area contributed by atoms with E-state index in [4.69, 9.17) is 9.53 Å². The van der Waals surface area contributed by atoms with Gasteiger partial charge in [-0.1, -0.05) is 20.8 Å². The maximum atomic E-state index is 9.02. The average Bonchev–Trinajstić information content (AvgIpc) is 2.04. The number of hydrogen-bond donors (Lipinski definition) is 1. The summed E-state index contributed by atoms with van der Waals surface area (Å²) >= 11 is 0. The van der Waals surface area contributed by atoms with Crippen LogP contribution in [0.4, 0.5) is 0 Å². The van der Waals surface area contributed by atoms with Gasteiger partial charge in [0.25, 0.3) is 0 Å². The van der Waals surface area contributed by atoms with Gasteiger partial charge in [0, 0.05) is 13.2 Å². The fraction of sp³-hybridized carbons (Fsp3) is 1.00. The van der Waals surface area contributed by atoms with Gasteiger partial charge in [0.2, 0.25) is 0 Å². The molecule has 2 nitrogen and oxygen atoms in total. The summed E-state index contributed by atoms with van der Waals surface area (Å²) in [5.41, 5.74) is 1.02. The number of aliphatic hydroxyl groups is 1. The summed E-state index contributed by atoms with van der Waals surface area (Å²) in [5.74, 6) is 0. The van der Waals surface area contributed by atoms with Crippen molar-refractivity contribution in [3.63, 3.8) is 0 Å². The van der Waals surface area contributed by atoms with Crippen LogP contribution in [0.2, 0.25) is 18.1 Å². The lowest BCUT2D eigenvalue weighted by Gasteiger charge is -2.71. The Morgan fingerprint density at radius 1 is 1.12 bits per heavy atom. The van der Waals surface area contributed by atoms with Crippen LogP contribution in [0.1, 0.15) is 46.5 Å². The Balaban J connectivity index is 1.79. The van der Waals surface area contributed by atoms with Crippen molar-refractivity contribution in [3.8, 4) is 0 Å². The van der Waals surface area contributed by atoms with Crippen LogP contribution < -0.4 is 0 Å². The Hall–Kier alpha value is 0.137. The van der Waals surface area contributed by atoms with Crippen molar-refractivity contribution in [2.75, 3.05) is 13.2 Å². The van der Waals surface area contributed by atoms with Crippen LogP contribution in [0, 0.1) is 10.8 Å². The third kappa shape index (κ3) is 2.22. The molecule has 17 heavy (non-hydrogen) atoms. The molecule has 3 saturated carbocycles. The molecule has 0 aromatic heterocycles. The highest BCUT2D eigenvalue weighted by Gasteiger charge is 2.67. The fourth-order valence-electron chi connectivity index (χ4n) is 3.44. The maximum absolute atomic E-state index is 9.02. The smallest absolute Gasteiger partial charge is 0.192 e. The highest BCUT2D eigenvalue weighted by atomic mass is 28.4. The minimum absolute atomic E-state index is 0.319. The zero-order valence-corrected chi connectivity index (χ0v) is 13.1. The summed E-state index contributed by atoms with van der Waals surface area (Å²) in [6.07, 6.45) is 4.91. The number of aliphatic hydroxyl groups excluding tert-OH is 1. The Labute approximate surface area is 107 Å². The van der Waals surface area contributed by atoms with E-state index in [1.54, 1.807) is 0 Å². The van der Waals surface area contributed by atoms with E-state index < -0.39 is 8.32 Å². The van der Waals surface area contributed by atoms with Crippen molar-refractivity contribution >= 4 is 8.32 Å². The second kappa shape index (κ2) is 3.81. The molecule has 3 aliphatic carbocycles. The third-order valence-electron chi connectivity index (χ3n) is 5.44. The van der Waals surface area contributed by atoms with Crippen LogP contribution in [0.3, 0.4) is 0 Å². The van der Waals surface area contributed by atoms with E-state index in [9.17, 15) is 0 Å². The normalized spacial score (nSPS) is 36.4. The molecule has 0 aromatic rings. The molecule has 0 spiro atoms. The fourth-order valence-corrected chi connectivity index (χ4v) is 4.54. The molecule has 3 heteroatoms. The first-order valence-corrected chi connectivity index (χ1v) is 9.80. The number of rotatable bonds is 5. The first-order chi connectivity index (χ1) is 7.64. The van der Waals surface area contributed by atoms with Gasteiger partial charge in [-0.2, -0.15) is 0 Å². The first kappa shape index (κ1) is 13.6. The summed E-state index contributed by atoms with van der Waals surface area (Å²) in [6, 6.07) is 0. The molecule has 3 fully saturated rings. The van der Waals surface area contributed by atoms with Gasteiger partial charge in [0.15, 0.2) is 8.32 Å². The quantitative estimate of drug-likeness (QED) is 0.762. The van der Waals surface area contributed by atoms with Crippen molar-refractivity contribution in [1.29, 1.82) is 0 Å². The summed E-state index contributed by atoms with van der Waals surface area (Å²) in [6.45, 7) is 12.9. The van der Waals surface area contributed by atoms with E-state index in [1.807, 2.05) is 0 Å². The molecule has 0 aliphatic heterocycles. The second-order valence-corrected chi connectivity index (χ2v) is 12.9. The zero-order valence-electron chi connectivity index (χ0n) is 12.1. The van der Waals surface area contributed by atoms with Crippen LogP contribution in [0.25, 0.3) is 0 Å². The zero-order chi connectivity index (χ0) is 12.9. The van der Waals surface area contributed by atoms with Crippen LogP contribution in [0.15, 0.2) is 0 Å². The van der Waals surface area contributed by atoms with E-state index in [-0.39, 0.29) is 0 Å². The van der Waals surface area contributed by atoms with Gasteiger partial charge < -0.3 is 9.53 Å². The molecule has 0 amide bonds. The Morgan fingerprint density at radius 2 is 1.65 bits per heavy atom. The molecule has 0 radical (unpaired) electrons. The molecule has 0 aromatic carbocycles. The monoisotopic (exact) mass is 256 g/mol. The minimum atomic E-state index is -1.56. The first-order valence-electron chi connectivity index (χ1n) is 6.89. The summed E-state index contributed by atoms with van der Waals surface area (Å²) in [4.78, 5) is 0. The van der Waals surface area contributed by atoms with Gasteiger partial charge in [-0.25, -0.2) is 0 Å². The molecular formula is C14H28O2Si. The molecular weight excluding hydrogens is 228 g/mol. The SMILES string of the molecule is CC(C)(C)[Si](C)(C)OCC12CC(CCO)(C1)C2. The van der Waals surface area contributed by atoms with Gasteiger partial charge >= 0.3 is 0 Å². The van der Waals surface area contributed by atoms with Crippen LogP contribution in [-0.2, 0) is 4.43 Å². The maximum Gasteiger partial charge on any atom is 0.192 e. The minimum Gasteiger partial charge on any atom is -0.416 e. The lowest BCUT2D eigenvalue weighted by atomic mass is 9.34. The molecule has 100 valence electrons. The highest BCUT2D eigenvalue weighted by molar-refractivity contribution is 6.74. The Kier molecular flexibility index (Phi) is 3.04. The van der Waals surface area contributed by atoms with Crippen molar-refractivity contribution in [2.45, 2.75) is 64.6 Å². The molecule has 2 bridgehead atoms. The van der Waals surface area contributed by atoms with E-state index in [1.165, 1.54) is 19.3 Å².